The number of hydrogen-bond acceptors (Lipinski definition) is 2. The maximum atomic E-state index is 13.1. The number of methoxy groups -OCH3 is 1. The molecule has 0 saturated carbocycles. The highest BCUT2D eigenvalue weighted by Gasteiger charge is 2.11. The zero-order chi connectivity index (χ0) is 10.0. The molecule has 13 heavy (non-hydrogen) atoms. The number of ketones is 1. The van der Waals surface area contributed by atoms with E-state index >= 15 is 0 Å². The molecule has 1 rings (SSSR count). The van der Waals surface area contributed by atoms with Crippen LogP contribution in [0.25, 0.3) is 0 Å². The highest BCUT2D eigenvalue weighted by atomic mass is 127. The van der Waals surface area contributed by atoms with Crippen molar-refractivity contribution in [2.45, 2.75) is 6.92 Å². The summed E-state index contributed by atoms with van der Waals surface area (Å²) in [5.74, 6) is -0.440. The van der Waals surface area contributed by atoms with Crippen LogP contribution in [0.5, 0.6) is 5.75 Å². The van der Waals surface area contributed by atoms with E-state index in [4.69, 9.17) is 4.74 Å². The topological polar surface area (TPSA) is 26.3 Å². The number of halogens is 2. The predicted molar refractivity (Wildman–Crippen MR) is 55.7 cm³/mol. The van der Waals surface area contributed by atoms with E-state index in [0.29, 0.717) is 9.13 Å². The average Bonchev–Trinajstić information content (AvgIpc) is 2.03. The number of hydrogen-bond donors (Lipinski definition) is 0. The molecule has 0 N–H and O–H groups in total. The Morgan fingerprint density at radius 2 is 2.15 bits per heavy atom. The molecule has 0 aliphatic rings. The summed E-state index contributed by atoms with van der Waals surface area (Å²) in [6.45, 7) is 1.44. The van der Waals surface area contributed by atoms with Crippen LogP contribution >= 0.6 is 22.6 Å². The monoisotopic (exact) mass is 294 g/mol. The normalized spacial score (nSPS) is 9.85. The van der Waals surface area contributed by atoms with Gasteiger partial charge in [-0.05, 0) is 41.6 Å². The van der Waals surface area contributed by atoms with Crippen molar-refractivity contribution in [2.24, 2.45) is 0 Å². The van der Waals surface area contributed by atoms with Crippen molar-refractivity contribution in [3.8, 4) is 5.75 Å². The van der Waals surface area contributed by atoms with E-state index in [1.807, 2.05) is 22.6 Å². The lowest BCUT2D eigenvalue weighted by atomic mass is 10.1. The smallest absolute Gasteiger partial charge is 0.166 e. The third kappa shape index (κ3) is 2.18. The summed E-state index contributed by atoms with van der Waals surface area (Å²) >= 11 is 1.92. The van der Waals surface area contributed by atoms with Crippen molar-refractivity contribution in [2.75, 3.05) is 7.11 Å². The van der Waals surface area contributed by atoms with E-state index < -0.39 is 5.82 Å². The van der Waals surface area contributed by atoms with E-state index in [1.165, 1.54) is 26.2 Å². The van der Waals surface area contributed by atoms with Gasteiger partial charge in [0.2, 0.25) is 0 Å². The van der Waals surface area contributed by atoms with Crippen LogP contribution in [0.2, 0.25) is 0 Å². The van der Waals surface area contributed by atoms with E-state index in [9.17, 15) is 9.18 Å². The largest absolute Gasteiger partial charge is 0.494 e. The first-order valence-corrected chi connectivity index (χ1v) is 4.68. The first-order valence-electron chi connectivity index (χ1n) is 3.60. The van der Waals surface area contributed by atoms with E-state index in [-0.39, 0.29) is 11.5 Å². The van der Waals surface area contributed by atoms with Gasteiger partial charge >= 0.3 is 0 Å². The van der Waals surface area contributed by atoms with E-state index in [1.54, 1.807) is 0 Å². The molecule has 0 atom stereocenters. The molecule has 0 saturated heterocycles. The molecule has 1 aromatic carbocycles. The fourth-order valence-corrected chi connectivity index (χ4v) is 1.76. The lowest BCUT2D eigenvalue weighted by Gasteiger charge is -2.05. The van der Waals surface area contributed by atoms with Gasteiger partial charge in [0, 0.05) is 9.13 Å². The first kappa shape index (κ1) is 10.4. The van der Waals surface area contributed by atoms with Crippen molar-refractivity contribution < 1.29 is 13.9 Å². The van der Waals surface area contributed by atoms with Crippen molar-refractivity contribution in [1.82, 2.24) is 0 Å². The van der Waals surface area contributed by atoms with Crippen LogP contribution in [0.15, 0.2) is 12.1 Å². The van der Waals surface area contributed by atoms with Crippen molar-refractivity contribution >= 4 is 28.4 Å². The second-order valence-corrected chi connectivity index (χ2v) is 3.68. The number of ether oxygens (including phenoxy) is 1. The number of Topliss-reactive ketones (excluding diaryl/α,β-unsaturated/α-hetero) is 1. The van der Waals surface area contributed by atoms with Gasteiger partial charge in [0.15, 0.2) is 17.3 Å². The second-order valence-electron chi connectivity index (χ2n) is 2.52. The number of carbonyl (C=O) groups is 1. The summed E-state index contributed by atoms with van der Waals surface area (Å²) in [5.41, 5.74) is 0.485. The maximum absolute atomic E-state index is 13.1. The molecule has 0 amide bonds. The van der Waals surface area contributed by atoms with Crippen molar-refractivity contribution in [3.63, 3.8) is 0 Å². The van der Waals surface area contributed by atoms with Crippen LogP contribution in [0.3, 0.4) is 0 Å². The Morgan fingerprint density at radius 3 is 2.62 bits per heavy atom. The SMILES string of the molecule is COc1cc(C(C)=O)c(I)cc1F. The second kappa shape index (κ2) is 4.04. The van der Waals surface area contributed by atoms with Crippen molar-refractivity contribution in [1.29, 1.82) is 0 Å². The molecular formula is C9H8FIO2. The molecule has 4 heteroatoms. The van der Waals surface area contributed by atoms with Gasteiger partial charge in [0.05, 0.1) is 7.11 Å². The molecule has 0 spiro atoms. The standard InChI is InChI=1S/C9H8FIO2/c1-5(12)6-3-9(13-2)7(10)4-8(6)11/h3-4H,1-2H3. The van der Waals surface area contributed by atoms with Gasteiger partial charge in [-0.1, -0.05) is 0 Å². The highest BCUT2D eigenvalue weighted by molar-refractivity contribution is 14.1. The predicted octanol–water partition coefficient (Wildman–Crippen LogP) is 2.64. The Bertz CT molecular complexity index is 350. The number of carbonyl (C=O) groups excluding carboxylic acids is 1. The molecule has 0 heterocycles. The van der Waals surface area contributed by atoms with Gasteiger partial charge in [-0.3, -0.25) is 4.79 Å². The van der Waals surface area contributed by atoms with Gasteiger partial charge in [-0.2, -0.15) is 0 Å². The molecule has 0 unspecified atom stereocenters. The number of rotatable bonds is 2. The lowest BCUT2D eigenvalue weighted by molar-refractivity contribution is 0.101. The van der Waals surface area contributed by atoms with Crippen LogP contribution in [-0.4, -0.2) is 12.9 Å². The van der Waals surface area contributed by atoms with Gasteiger partial charge in [0.25, 0.3) is 0 Å². The maximum Gasteiger partial charge on any atom is 0.166 e. The molecule has 0 aromatic heterocycles. The highest BCUT2D eigenvalue weighted by Crippen LogP contribution is 2.23. The Labute approximate surface area is 89.2 Å². The molecule has 0 fully saturated rings. The molecule has 0 bridgehead atoms. The summed E-state index contributed by atoms with van der Waals surface area (Å²) < 4.78 is 18.4. The van der Waals surface area contributed by atoms with Crippen LogP contribution in [0.4, 0.5) is 4.39 Å². The minimum Gasteiger partial charge on any atom is -0.494 e. The Hall–Kier alpha value is -0.650. The minimum atomic E-state index is -0.447. The van der Waals surface area contributed by atoms with Gasteiger partial charge in [0.1, 0.15) is 0 Å². The molecule has 70 valence electrons. The molecular weight excluding hydrogens is 286 g/mol. The van der Waals surface area contributed by atoms with E-state index in [0.717, 1.165) is 0 Å². The zero-order valence-electron chi connectivity index (χ0n) is 7.23. The van der Waals surface area contributed by atoms with Crippen LogP contribution in [-0.2, 0) is 0 Å². The molecule has 0 aliphatic carbocycles. The first-order chi connectivity index (χ1) is 6.06. The Balaban J connectivity index is 3.30. The van der Waals surface area contributed by atoms with Crippen LogP contribution in [0.1, 0.15) is 17.3 Å². The average molecular weight is 294 g/mol. The Kier molecular flexibility index (Phi) is 3.24. The summed E-state index contributed by atoms with van der Waals surface area (Å²) in [7, 11) is 1.37. The molecule has 0 radical (unpaired) electrons. The summed E-state index contributed by atoms with van der Waals surface area (Å²) in [6, 6.07) is 2.70. The third-order valence-corrected chi connectivity index (χ3v) is 2.51. The summed E-state index contributed by atoms with van der Waals surface area (Å²) in [6.07, 6.45) is 0. The van der Waals surface area contributed by atoms with Crippen LogP contribution in [0, 0.1) is 9.39 Å². The fraction of sp³-hybridized carbons (Fsp3) is 0.222. The lowest BCUT2D eigenvalue weighted by Crippen LogP contribution is -1.99. The molecule has 0 aliphatic heterocycles. The molecule has 2 nitrogen and oxygen atoms in total. The fourth-order valence-electron chi connectivity index (χ4n) is 0.955. The minimum absolute atomic E-state index is 0.0947. The zero-order valence-corrected chi connectivity index (χ0v) is 9.38. The van der Waals surface area contributed by atoms with Gasteiger partial charge in [-0.15, -0.1) is 0 Å². The summed E-state index contributed by atoms with van der Waals surface area (Å²) in [5, 5.41) is 0. The van der Waals surface area contributed by atoms with Crippen molar-refractivity contribution in [3.05, 3.63) is 27.1 Å². The Morgan fingerprint density at radius 1 is 1.54 bits per heavy atom. The number of benzene rings is 1. The molecule has 1 aromatic rings. The van der Waals surface area contributed by atoms with Crippen LogP contribution < -0.4 is 4.74 Å². The van der Waals surface area contributed by atoms with E-state index in [2.05, 4.69) is 0 Å². The third-order valence-electron chi connectivity index (χ3n) is 1.62. The van der Waals surface area contributed by atoms with Gasteiger partial charge < -0.3 is 4.74 Å². The quantitative estimate of drug-likeness (QED) is 0.619. The van der Waals surface area contributed by atoms with Gasteiger partial charge in [-0.25, -0.2) is 4.39 Å². The summed E-state index contributed by atoms with van der Waals surface area (Å²) in [4.78, 5) is 11.1.